The molecule has 1 aliphatic heterocycles. The maximum absolute atomic E-state index is 13.6. The lowest BCUT2D eigenvalue weighted by atomic mass is 10.1. The van der Waals surface area contributed by atoms with Crippen molar-refractivity contribution in [2.75, 3.05) is 66.0 Å². The fourth-order valence-corrected chi connectivity index (χ4v) is 8.60. The van der Waals surface area contributed by atoms with Crippen LogP contribution in [0.2, 0.25) is 0 Å². The Morgan fingerprint density at radius 3 is 1.91 bits per heavy atom. The molecule has 3 aromatic rings. The number of methoxy groups -OCH3 is 3. The normalized spacial score (nSPS) is 14.7. The Morgan fingerprint density at radius 2 is 1.33 bits per heavy atom. The Labute approximate surface area is 255 Å². The third-order valence-corrected chi connectivity index (χ3v) is 11.9. The summed E-state index contributed by atoms with van der Waals surface area (Å²) in [6.45, 7) is 7.16. The van der Waals surface area contributed by atoms with E-state index in [1.54, 1.807) is 39.5 Å². The Bertz CT molecular complexity index is 1660. The van der Waals surface area contributed by atoms with Gasteiger partial charge in [-0.3, -0.25) is 0 Å². The minimum absolute atomic E-state index is 0.138. The Balaban J connectivity index is 1.50. The van der Waals surface area contributed by atoms with Crippen LogP contribution in [0.3, 0.4) is 0 Å². The third-order valence-electron chi connectivity index (χ3n) is 7.80. The van der Waals surface area contributed by atoms with Gasteiger partial charge >= 0.3 is 0 Å². The van der Waals surface area contributed by atoms with Crippen molar-refractivity contribution in [1.82, 2.24) is 8.61 Å². The minimum Gasteiger partial charge on any atom is -0.495 e. The van der Waals surface area contributed by atoms with Crippen LogP contribution >= 0.6 is 0 Å². The molecule has 43 heavy (non-hydrogen) atoms. The van der Waals surface area contributed by atoms with Gasteiger partial charge < -0.3 is 19.1 Å². The van der Waals surface area contributed by atoms with Crippen molar-refractivity contribution in [2.24, 2.45) is 0 Å². The van der Waals surface area contributed by atoms with Gasteiger partial charge in [-0.2, -0.15) is 4.31 Å². The molecule has 0 aliphatic carbocycles. The number of anilines is 1. The first-order valence-corrected chi connectivity index (χ1v) is 16.9. The number of piperazine rings is 1. The average Bonchev–Trinajstić information content (AvgIpc) is 2.98. The lowest BCUT2D eigenvalue weighted by molar-refractivity contribution is 0.354. The monoisotopic (exact) mass is 631 g/mol. The van der Waals surface area contributed by atoms with E-state index in [9.17, 15) is 16.8 Å². The highest BCUT2D eigenvalue weighted by Crippen LogP contribution is 2.34. The number of sulfonamides is 2. The van der Waals surface area contributed by atoms with Crippen LogP contribution in [0.25, 0.3) is 0 Å². The molecule has 1 fully saturated rings. The molecule has 3 aromatic carbocycles. The first-order chi connectivity index (χ1) is 20.3. The smallest absolute Gasteiger partial charge is 0.243 e. The van der Waals surface area contributed by atoms with Crippen LogP contribution in [-0.2, 0) is 26.5 Å². The van der Waals surface area contributed by atoms with Gasteiger partial charge in [0.05, 0.1) is 36.8 Å². The fraction of sp³-hybridized carbons (Fsp3) is 0.419. The molecule has 0 saturated carbocycles. The molecule has 0 unspecified atom stereocenters. The van der Waals surface area contributed by atoms with E-state index in [0.29, 0.717) is 47.3 Å². The molecule has 0 amide bonds. The van der Waals surface area contributed by atoms with Crippen molar-refractivity contribution >= 4 is 25.7 Å². The van der Waals surface area contributed by atoms with Gasteiger partial charge in [0.25, 0.3) is 0 Å². The number of nitrogens with zero attached hydrogens (tertiary/aromatic N) is 3. The van der Waals surface area contributed by atoms with Gasteiger partial charge in [0.1, 0.15) is 5.75 Å². The zero-order valence-corrected chi connectivity index (χ0v) is 27.5. The van der Waals surface area contributed by atoms with Crippen molar-refractivity contribution in [2.45, 2.75) is 37.0 Å². The summed E-state index contributed by atoms with van der Waals surface area (Å²) in [5.41, 5.74) is 4.01. The van der Waals surface area contributed by atoms with Crippen LogP contribution in [0.1, 0.15) is 22.3 Å². The number of likely N-dealkylation sites (N-methyl/N-ethyl adjacent to an activating group) is 1. The molecule has 0 N–H and O–H groups in total. The molecule has 1 heterocycles. The summed E-state index contributed by atoms with van der Waals surface area (Å²) < 4.78 is 73.4. The fourth-order valence-electron chi connectivity index (χ4n) is 5.57. The molecule has 10 nitrogen and oxygen atoms in total. The molecule has 234 valence electrons. The average molecular weight is 632 g/mol. The van der Waals surface area contributed by atoms with E-state index in [0.717, 1.165) is 22.3 Å². The highest BCUT2D eigenvalue weighted by atomic mass is 32.2. The highest BCUT2D eigenvalue weighted by molar-refractivity contribution is 7.89. The second-order valence-corrected chi connectivity index (χ2v) is 14.6. The van der Waals surface area contributed by atoms with E-state index in [1.807, 2.05) is 49.9 Å². The van der Waals surface area contributed by atoms with E-state index >= 15 is 0 Å². The maximum atomic E-state index is 13.6. The topological polar surface area (TPSA) is 106 Å². The third kappa shape index (κ3) is 6.77. The van der Waals surface area contributed by atoms with Crippen LogP contribution in [-0.4, -0.2) is 86.5 Å². The first-order valence-electron chi connectivity index (χ1n) is 14.0. The summed E-state index contributed by atoms with van der Waals surface area (Å²) in [4.78, 5) is 2.47. The zero-order valence-electron chi connectivity index (χ0n) is 25.9. The van der Waals surface area contributed by atoms with E-state index < -0.39 is 20.0 Å². The van der Waals surface area contributed by atoms with Crippen molar-refractivity contribution in [1.29, 1.82) is 0 Å². The SMILES string of the molecule is COc1ccc(CCN(C)S(=O)(=O)c2ccc(OC)c(N3CCN(S(=O)(=O)c4c(C)cc(C)cc4C)CC3)c2)cc1OC. The number of rotatable bonds is 11. The largest absolute Gasteiger partial charge is 0.495 e. The number of hydrogen-bond donors (Lipinski definition) is 0. The summed E-state index contributed by atoms with van der Waals surface area (Å²) in [5.74, 6) is 1.72. The molecular weight excluding hydrogens is 590 g/mol. The summed E-state index contributed by atoms with van der Waals surface area (Å²) in [5, 5.41) is 0. The van der Waals surface area contributed by atoms with Gasteiger partial charge in [-0.25, -0.2) is 21.1 Å². The molecule has 4 rings (SSSR count). The summed E-state index contributed by atoms with van der Waals surface area (Å²) >= 11 is 0. The molecule has 0 aromatic heterocycles. The number of aryl methyl sites for hydroxylation is 3. The molecular formula is C31H41N3O7S2. The molecule has 0 atom stereocenters. The van der Waals surface area contributed by atoms with Crippen LogP contribution in [0.4, 0.5) is 5.69 Å². The second kappa shape index (κ2) is 13.1. The van der Waals surface area contributed by atoms with Gasteiger partial charge in [-0.15, -0.1) is 0 Å². The highest BCUT2D eigenvalue weighted by Gasteiger charge is 2.32. The predicted molar refractivity (Wildman–Crippen MR) is 168 cm³/mol. The molecule has 1 saturated heterocycles. The Hall–Kier alpha value is -3.32. The Morgan fingerprint density at radius 1 is 0.744 bits per heavy atom. The number of benzene rings is 3. The molecule has 1 aliphatic rings. The van der Waals surface area contributed by atoms with E-state index in [2.05, 4.69) is 0 Å². The second-order valence-electron chi connectivity index (χ2n) is 10.7. The van der Waals surface area contributed by atoms with Gasteiger partial charge in [0.15, 0.2) is 11.5 Å². The van der Waals surface area contributed by atoms with Gasteiger partial charge in [-0.1, -0.05) is 23.8 Å². The number of hydrogen-bond acceptors (Lipinski definition) is 8. The van der Waals surface area contributed by atoms with E-state index in [-0.39, 0.29) is 24.5 Å². The molecule has 0 bridgehead atoms. The van der Waals surface area contributed by atoms with Crippen LogP contribution < -0.4 is 19.1 Å². The van der Waals surface area contributed by atoms with Crippen molar-refractivity contribution in [3.63, 3.8) is 0 Å². The predicted octanol–water partition coefficient (Wildman–Crippen LogP) is 4.01. The summed E-state index contributed by atoms with van der Waals surface area (Å²) in [6, 6.07) is 14.1. The lowest BCUT2D eigenvalue weighted by Gasteiger charge is -2.36. The van der Waals surface area contributed by atoms with Crippen LogP contribution in [0, 0.1) is 20.8 Å². The van der Waals surface area contributed by atoms with Gasteiger partial charge in [0.2, 0.25) is 20.0 Å². The maximum Gasteiger partial charge on any atom is 0.243 e. The lowest BCUT2D eigenvalue weighted by Crippen LogP contribution is -2.49. The van der Waals surface area contributed by atoms with Gasteiger partial charge in [-0.05, 0) is 74.2 Å². The minimum atomic E-state index is -3.82. The van der Waals surface area contributed by atoms with E-state index in [1.165, 1.54) is 21.8 Å². The van der Waals surface area contributed by atoms with E-state index in [4.69, 9.17) is 14.2 Å². The molecule has 0 spiro atoms. The van der Waals surface area contributed by atoms with Crippen molar-refractivity contribution in [3.05, 3.63) is 70.8 Å². The van der Waals surface area contributed by atoms with Crippen LogP contribution in [0.15, 0.2) is 58.3 Å². The zero-order chi connectivity index (χ0) is 31.5. The summed E-state index contributed by atoms with van der Waals surface area (Å²) in [6.07, 6.45) is 0.482. The quantitative estimate of drug-likeness (QED) is 0.313. The Kier molecular flexibility index (Phi) is 9.95. The first kappa shape index (κ1) is 32.6. The molecule has 0 radical (unpaired) electrons. The van der Waals surface area contributed by atoms with Crippen molar-refractivity contribution < 1.29 is 31.0 Å². The van der Waals surface area contributed by atoms with Crippen molar-refractivity contribution in [3.8, 4) is 17.2 Å². The van der Waals surface area contributed by atoms with Crippen LogP contribution in [0.5, 0.6) is 17.2 Å². The summed E-state index contributed by atoms with van der Waals surface area (Å²) in [7, 11) is -1.29. The molecule has 12 heteroatoms. The standard InChI is InChI=1S/C31H41N3O7S2/c1-22-18-23(2)31(24(3)19-22)43(37,38)34-16-14-33(15-17-34)27-21-26(9-11-28(27)39-5)42(35,36)32(4)13-12-25-8-10-29(40-6)30(20-25)41-7/h8-11,18-21H,12-17H2,1-7H3. The van der Waals surface area contributed by atoms with Gasteiger partial charge in [0, 0.05) is 39.8 Å². The number of ether oxygens (including phenoxy) is 3.